The van der Waals surface area contributed by atoms with Gasteiger partial charge in [0.2, 0.25) is 0 Å². The molecule has 234 valence electrons. The summed E-state index contributed by atoms with van der Waals surface area (Å²) in [4.78, 5) is 62.5. The normalized spacial score (nSPS) is 20.4. The van der Waals surface area contributed by atoms with Gasteiger partial charge in [-0.15, -0.1) is 34.4 Å². The number of benzene rings is 1. The van der Waals surface area contributed by atoms with Crippen LogP contribution in [0.15, 0.2) is 66.6 Å². The number of nitrogen functional groups attached to an aromatic ring is 1. The van der Waals surface area contributed by atoms with Gasteiger partial charge in [0.1, 0.15) is 34.7 Å². The maximum absolute atomic E-state index is 13.3. The number of carbonyl (C=O) groups is 3. The predicted molar refractivity (Wildman–Crippen MR) is 176 cm³/mol. The zero-order valence-corrected chi connectivity index (χ0v) is 27.0. The molecule has 12 nitrogen and oxygen atoms in total. The van der Waals surface area contributed by atoms with Crippen LogP contribution in [0.25, 0.3) is 10.1 Å². The fourth-order valence-corrected chi connectivity index (χ4v) is 9.06. The summed E-state index contributed by atoms with van der Waals surface area (Å²) in [6.07, 6.45) is 5.26. The SMILES string of the molecule is COc1ccc2c(=O)cc(SC=CC3=C(C(=O)O)N4C(=O)C(NC(=O)C(=NOC5CCCC5)c5csc(N)n5)[C@@H]4SC3)sc2c1. The van der Waals surface area contributed by atoms with Gasteiger partial charge in [0.25, 0.3) is 11.8 Å². The highest BCUT2D eigenvalue weighted by Gasteiger charge is 2.54. The van der Waals surface area contributed by atoms with Crippen LogP contribution in [0.5, 0.6) is 5.75 Å². The van der Waals surface area contributed by atoms with Gasteiger partial charge in [-0.2, -0.15) is 0 Å². The molecule has 0 radical (unpaired) electrons. The summed E-state index contributed by atoms with van der Waals surface area (Å²) in [5, 5.41) is 20.4. The third kappa shape index (κ3) is 6.45. The largest absolute Gasteiger partial charge is 0.497 e. The van der Waals surface area contributed by atoms with Crippen LogP contribution in [-0.4, -0.2) is 68.9 Å². The van der Waals surface area contributed by atoms with Crippen LogP contribution in [0.4, 0.5) is 5.13 Å². The number of amides is 2. The number of nitrogens with one attached hydrogen (secondary N) is 1. The first-order valence-electron chi connectivity index (χ1n) is 13.9. The lowest BCUT2D eigenvalue weighted by Crippen LogP contribution is -2.71. The van der Waals surface area contributed by atoms with Gasteiger partial charge in [0.15, 0.2) is 16.3 Å². The molecule has 4 heterocycles. The monoisotopic (exact) mass is 685 g/mol. The van der Waals surface area contributed by atoms with E-state index in [9.17, 15) is 24.3 Å². The number of carbonyl (C=O) groups excluding carboxylic acids is 2. The minimum Gasteiger partial charge on any atom is -0.497 e. The molecule has 3 aliphatic rings. The number of carboxylic acids is 1. The lowest BCUT2D eigenvalue weighted by atomic mass is 10.0. The maximum Gasteiger partial charge on any atom is 0.352 e. The van der Waals surface area contributed by atoms with Crippen LogP contribution >= 0.6 is 46.2 Å². The summed E-state index contributed by atoms with van der Waals surface area (Å²) in [5.74, 6) is -1.53. The van der Waals surface area contributed by atoms with E-state index < -0.39 is 29.2 Å². The van der Waals surface area contributed by atoms with Crippen molar-refractivity contribution < 1.29 is 29.1 Å². The van der Waals surface area contributed by atoms with Crippen molar-refractivity contribution in [3.63, 3.8) is 0 Å². The fourth-order valence-electron chi connectivity index (χ4n) is 5.18. The molecule has 2 aliphatic heterocycles. The number of aromatic nitrogens is 1. The Kier molecular flexibility index (Phi) is 9.16. The van der Waals surface area contributed by atoms with Crippen molar-refractivity contribution >= 4 is 84.9 Å². The van der Waals surface area contributed by atoms with E-state index in [0.29, 0.717) is 22.5 Å². The summed E-state index contributed by atoms with van der Waals surface area (Å²) in [5.41, 5.74) is 6.09. The number of oxime groups is 1. The molecule has 1 aromatic carbocycles. The third-order valence-corrected chi connectivity index (χ3v) is 11.4. The van der Waals surface area contributed by atoms with Gasteiger partial charge in [-0.1, -0.05) is 16.9 Å². The number of β-lactam (4-membered cyclic amide) rings is 1. The number of thiazole rings is 1. The van der Waals surface area contributed by atoms with E-state index in [-0.39, 0.29) is 33.8 Å². The highest BCUT2D eigenvalue weighted by molar-refractivity contribution is 8.04. The minimum absolute atomic E-state index is 0.0917. The number of hydrogen-bond acceptors (Lipinski definition) is 13. The number of anilines is 1. The average Bonchev–Trinajstić information content (AvgIpc) is 3.71. The number of rotatable bonds is 10. The first kappa shape index (κ1) is 31.1. The number of thioether (sulfide) groups is 2. The van der Waals surface area contributed by atoms with Crippen molar-refractivity contribution in [3.05, 3.63) is 68.3 Å². The minimum atomic E-state index is -1.25. The van der Waals surface area contributed by atoms with Crippen LogP contribution in [0.3, 0.4) is 0 Å². The summed E-state index contributed by atoms with van der Waals surface area (Å²) < 4.78 is 6.76. The number of aliphatic carboxylic acids is 1. The first-order chi connectivity index (χ1) is 21.7. The zero-order chi connectivity index (χ0) is 31.7. The molecule has 1 unspecified atom stereocenters. The number of carboxylic acid groups (broad SMARTS) is 1. The number of allylic oxidation sites excluding steroid dienone is 1. The van der Waals surface area contributed by atoms with E-state index in [1.807, 2.05) is 0 Å². The van der Waals surface area contributed by atoms with Crippen molar-refractivity contribution in [1.29, 1.82) is 0 Å². The first-order valence-corrected chi connectivity index (χ1v) is 17.5. The number of methoxy groups -OCH3 is 1. The van der Waals surface area contributed by atoms with Crippen molar-refractivity contribution in [2.24, 2.45) is 5.16 Å². The van der Waals surface area contributed by atoms with E-state index in [0.717, 1.165) is 45.9 Å². The third-order valence-electron chi connectivity index (χ3n) is 7.43. The molecule has 1 aliphatic carbocycles. The summed E-state index contributed by atoms with van der Waals surface area (Å²) in [6, 6.07) is 5.83. The molecule has 2 amide bonds. The highest BCUT2D eigenvalue weighted by atomic mass is 32.2. The molecule has 45 heavy (non-hydrogen) atoms. The van der Waals surface area contributed by atoms with Crippen LogP contribution in [0.2, 0.25) is 0 Å². The van der Waals surface area contributed by atoms with Gasteiger partial charge in [0.05, 0.1) is 11.3 Å². The van der Waals surface area contributed by atoms with E-state index in [2.05, 4.69) is 15.5 Å². The molecular weight excluding hydrogens is 659 g/mol. The lowest BCUT2D eigenvalue weighted by molar-refractivity contribution is -0.150. The van der Waals surface area contributed by atoms with Gasteiger partial charge < -0.3 is 25.7 Å². The molecule has 2 aromatic heterocycles. The Morgan fingerprint density at radius 3 is 2.76 bits per heavy atom. The van der Waals surface area contributed by atoms with Crippen molar-refractivity contribution in [3.8, 4) is 5.75 Å². The molecule has 1 saturated heterocycles. The lowest BCUT2D eigenvalue weighted by Gasteiger charge is -2.49. The quantitative estimate of drug-likeness (QED) is 0.122. The molecule has 16 heteroatoms. The molecule has 6 rings (SSSR count). The van der Waals surface area contributed by atoms with E-state index in [4.69, 9.17) is 15.3 Å². The topological polar surface area (TPSA) is 174 Å². The predicted octanol–water partition coefficient (Wildman–Crippen LogP) is 4.02. The van der Waals surface area contributed by atoms with Crippen molar-refractivity contribution in [2.75, 3.05) is 18.6 Å². The smallest absolute Gasteiger partial charge is 0.352 e. The number of fused-ring (bicyclic) bond motifs is 2. The number of ether oxygens (including phenoxy) is 1. The van der Waals surface area contributed by atoms with Gasteiger partial charge in [0, 0.05) is 27.3 Å². The van der Waals surface area contributed by atoms with Crippen LogP contribution in [-0.2, 0) is 19.2 Å². The molecule has 2 atom stereocenters. The van der Waals surface area contributed by atoms with Crippen LogP contribution in [0.1, 0.15) is 31.4 Å². The molecule has 0 bridgehead atoms. The van der Waals surface area contributed by atoms with Gasteiger partial charge in [-0.05, 0) is 60.9 Å². The van der Waals surface area contributed by atoms with Gasteiger partial charge in [-0.3, -0.25) is 19.3 Å². The fraction of sp³-hybridized carbons (Fsp3) is 0.310. The van der Waals surface area contributed by atoms with Gasteiger partial charge in [-0.25, -0.2) is 9.78 Å². The maximum atomic E-state index is 13.3. The number of nitrogens with two attached hydrogens (primary N) is 1. The molecule has 2 fully saturated rings. The molecular formula is C29H27N5O7S4. The summed E-state index contributed by atoms with van der Waals surface area (Å²) in [6.45, 7) is 0. The Bertz CT molecular complexity index is 1830. The Hall–Kier alpha value is -3.86. The molecule has 4 N–H and O–H groups in total. The van der Waals surface area contributed by atoms with E-state index >= 15 is 0 Å². The molecule has 0 spiro atoms. The Morgan fingerprint density at radius 2 is 2.04 bits per heavy atom. The second-order valence-corrected chi connectivity index (χ2v) is 14.6. The van der Waals surface area contributed by atoms with E-state index in [1.165, 1.54) is 45.8 Å². The summed E-state index contributed by atoms with van der Waals surface area (Å²) >= 11 is 5.18. The highest BCUT2D eigenvalue weighted by Crippen LogP contribution is 2.41. The van der Waals surface area contributed by atoms with Crippen LogP contribution in [0, 0.1) is 0 Å². The van der Waals surface area contributed by atoms with E-state index in [1.54, 1.807) is 42.2 Å². The number of hydrogen-bond donors (Lipinski definition) is 3. The number of nitrogens with zero attached hydrogens (tertiary/aromatic N) is 3. The zero-order valence-electron chi connectivity index (χ0n) is 23.8. The second kappa shape index (κ2) is 13.2. The second-order valence-electron chi connectivity index (χ2n) is 10.3. The van der Waals surface area contributed by atoms with Gasteiger partial charge >= 0.3 is 5.97 Å². The Morgan fingerprint density at radius 1 is 1.24 bits per heavy atom. The Balaban J connectivity index is 1.17. The standard InChI is InChI=1S/C29H27N5O7S4/c1-40-16-6-7-17-19(35)11-21(45-20(17)10-16)42-9-8-14-12-43-27-23(26(37)34(27)24(14)28(38)39)32-25(36)22(18-13-44-29(30)31-18)33-41-15-4-2-3-5-15/h6-11,13,15,23,27H,2-5,12H2,1H3,(H2,30,31)(H,32,36)(H,38,39)/t23?,27-/m0/s1. The Labute approximate surface area is 273 Å². The van der Waals surface area contributed by atoms with Crippen molar-refractivity contribution in [1.82, 2.24) is 15.2 Å². The van der Waals surface area contributed by atoms with Crippen molar-refractivity contribution in [2.45, 2.75) is 47.4 Å². The molecule has 3 aromatic rings. The molecule has 1 saturated carbocycles. The average molecular weight is 686 g/mol. The summed E-state index contributed by atoms with van der Waals surface area (Å²) in [7, 11) is 1.56. The van der Waals surface area contributed by atoms with Crippen LogP contribution < -0.4 is 21.2 Å².